The van der Waals surface area contributed by atoms with Crippen molar-refractivity contribution in [2.45, 2.75) is 0 Å². The van der Waals surface area contributed by atoms with Crippen molar-refractivity contribution in [1.29, 1.82) is 0 Å². The molecule has 0 atom stereocenters. The predicted octanol–water partition coefficient (Wildman–Crippen LogP) is 1.57. The van der Waals surface area contributed by atoms with Crippen LogP contribution >= 0.6 is 15.9 Å². The van der Waals surface area contributed by atoms with Gasteiger partial charge in [0, 0.05) is 11.0 Å². The summed E-state index contributed by atoms with van der Waals surface area (Å²) in [6, 6.07) is 5.10. The molecule has 0 heterocycles. The summed E-state index contributed by atoms with van der Waals surface area (Å²) in [5.74, 6) is 0.0520. The highest BCUT2D eigenvalue weighted by Crippen LogP contribution is 2.24. The van der Waals surface area contributed by atoms with E-state index in [1.807, 2.05) is 0 Å². The molecule has 0 aliphatic rings. The van der Waals surface area contributed by atoms with Gasteiger partial charge in [0.1, 0.15) is 17.9 Å². The van der Waals surface area contributed by atoms with Gasteiger partial charge in [0.25, 0.3) is 0 Å². The molecular weight excluding hydrogens is 262 g/mol. The number of halogens is 1. The Hall–Kier alpha value is -1.07. The van der Waals surface area contributed by atoms with Gasteiger partial charge in [-0.1, -0.05) is 15.9 Å². The second-order valence-electron chi connectivity index (χ2n) is 2.77. The molecule has 0 radical (unpaired) electrons. The van der Waals surface area contributed by atoms with Crippen molar-refractivity contribution in [2.24, 2.45) is 5.73 Å². The summed E-state index contributed by atoms with van der Waals surface area (Å²) >= 11 is 3.30. The zero-order valence-corrected chi connectivity index (χ0v) is 9.91. The van der Waals surface area contributed by atoms with Crippen molar-refractivity contribution in [2.75, 3.05) is 20.3 Å². The molecule has 82 valence electrons. The molecule has 0 amide bonds. The largest absolute Gasteiger partial charge is 0.491 e. The second-order valence-corrected chi connectivity index (χ2v) is 3.68. The number of methoxy groups -OCH3 is 1. The number of carbonyl (C=O) groups excluding carboxylic acids is 1. The first kappa shape index (κ1) is 12.0. The lowest BCUT2D eigenvalue weighted by Crippen LogP contribution is -2.13. The first-order chi connectivity index (χ1) is 7.19. The molecule has 0 aromatic heterocycles. The summed E-state index contributed by atoms with van der Waals surface area (Å²) in [4.78, 5) is 11.4. The second kappa shape index (κ2) is 5.72. The van der Waals surface area contributed by atoms with Crippen molar-refractivity contribution < 1.29 is 14.3 Å². The smallest absolute Gasteiger partial charge is 0.341 e. The van der Waals surface area contributed by atoms with Crippen molar-refractivity contribution in [3.05, 3.63) is 28.2 Å². The van der Waals surface area contributed by atoms with E-state index in [1.165, 1.54) is 7.11 Å². The Morgan fingerprint density at radius 2 is 2.27 bits per heavy atom. The van der Waals surface area contributed by atoms with Crippen LogP contribution in [-0.4, -0.2) is 26.2 Å². The van der Waals surface area contributed by atoms with Crippen LogP contribution in [-0.2, 0) is 4.74 Å². The topological polar surface area (TPSA) is 61.5 Å². The lowest BCUT2D eigenvalue weighted by atomic mass is 10.2. The van der Waals surface area contributed by atoms with Crippen LogP contribution in [0.5, 0.6) is 5.75 Å². The van der Waals surface area contributed by atoms with Gasteiger partial charge < -0.3 is 15.2 Å². The number of carbonyl (C=O) groups is 1. The van der Waals surface area contributed by atoms with Crippen LogP contribution < -0.4 is 10.5 Å². The van der Waals surface area contributed by atoms with E-state index >= 15 is 0 Å². The van der Waals surface area contributed by atoms with E-state index in [2.05, 4.69) is 20.7 Å². The van der Waals surface area contributed by atoms with Crippen molar-refractivity contribution >= 4 is 21.9 Å². The van der Waals surface area contributed by atoms with Crippen LogP contribution in [0.15, 0.2) is 22.7 Å². The Kier molecular flexibility index (Phi) is 4.58. The highest BCUT2D eigenvalue weighted by molar-refractivity contribution is 9.10. The summed E-state index contributed by atoms with van der Waals surface area (Å²) in [5.41, 5.74) is 5.72. The Morgan fingerprint density at radius 3 is 2.87 bits per heavy atom. The molecule has 0 aliphatic carbocycles. The van der Waals surface area contributed by atoms with Crippen molar-refractivity contribution in [1.82, 2.24) is 0 Å². The maximum atomic E-state index is 11.4. The van der Waals surface area contributed by atoms with Gasteiger partial charge >= 0.3 is 5.97 Å². The van der Waals surface area contributed by atoms with Crippen LogP contribution in [0.1, 0.15) is 10.4 Å². The number of ether oxygens (including phenoxy) is 2. The molecule has 0 aliphatic heterocycles. The number of esters is 1. The standard InChI is InChI=1S/C10H12BrNO3/c1-14-10(13)8-3-2-7(11)6-9(8)15-5-4-12/h2-3,6H,4-5,12H2,1H3. The molecule has 0 saturated carbocycles. The molecule has 0 bridgehead atoms. The zero-order chi connectivity index (χ0) is 11.3. The Balaban J connectivity index is 2.97. The van der Waals surface area contributed by atoms with Gasteiger partial charge in [-0.15, -0.1) is 0 Å². The average molecular weight is 274 g/mol. The lowest BCUT2D eigenvalue weighted by molar-refractivity contribution is 0.0596. The monoisotopic (exact) mass is 273 g/mol. The number of benzene rings is 1. The minimum atomic E-state index is -0.422. The number of nitrogens with two attached hydrogens (primary N) is 1. The minimum Gasteiger partial charge on any atom is -0.491 e. The maximum Gasteiger partial charge on any atom is 0.341 e. The normalized spacial score (nSPS) is 9.80. The maximum absolute atomic E-state index is 11.4. The highest BCUT2D eigenvalue weighted by Gasteiger charge is 2.12. The van der Waals surface area contributed by atoms with E-state index in [1.54, 1.807) is 18.2 Å². The average Bonchev–Trinajstić information content (AvgIpc) is 2.25. The molecule has 4 nitrogen and oxygen atoms in total. The molecular formula is C10H12BrNO3. The number of hydrogen-bond donors (Lipinski definition) is 1. The molecule has 15 heavy (non-hydrogen) atoms. The van der Waals surface area contributed by atoms with Gasteiger partial charge in [0.2, 0.25) is 0 Å². The van der Waals surface area contributed by atoms with E-state index in [4.69, 9.17) is 10.5 Å². The van der Waals surface area contributed by atoms with Gasteiger partial charge in [-0.05, 0) is 18.2 Å². The van der Waals surface area contributed by atoms with Crippen LogP contribution in [0.25, 0.3) is 0 Å². The summed E-state index contributed by atoms with van der Waals surface area (Å²) in [5, 5.41) is 0. The molecule has 0 fully saturated rings. The highest BCUT2D eigenvalue weighted by atomic mass is 79.9. The van der Waals surface area contributed by atoms with Gasteiger partial charge in [0.05, 0.1) is 7.11 Å². The third kappa shape index (κ3) is 3.21. The molecule has 0 spiro atoms. The third-order valence-corrected chi connectivity index (χ3v) is 2.22. The predicted molar refractivity (Wildman–Crippen MR) is 60.0 cm³/mol. The Bertz CT molecular complexity index is 355. The van der Waals surface area contributed by atoms with Crippen LogP contribution in [0.3, 0.4) is 0 Å². The third-order valence-electron chi connectivity index (χ3n) is 1.72. The van der Waals surface area contributed by atoms with E-state index in [0.717, 1.165) is 4.47 Å². The fourth-order valence-electron chi connectivity index (χ4n) is 1.06. The molecule has 1 aromatic carbocycles. The molecule has 1 rings (SSSR count). The van der Waals surface area contributed by atoms with E-state index in [9.17, 15) is 4.79 Å². The number of hydrogen-bond acceptors (Lipinski definition) is 4. The van der Waals surface area contributed by atoms with Crippen molar-refractivity contribution in [3.8, 4) is 5.75 Å². The fraction of sp³-hybridized carbons (Fsp3) is 0.300. The van der Waals surface area contributed by atoms with Crippen LogP contribution in [0, 0.1) is 0 Å². The summed E-state index contributed by atoms with van der Waals surface area (Å²) < 4.78 is 10.8. The van der Waals surface area contributed by atoms with E-state index < -0.39 is 5.97 Å². The van der Waals surface area contributed by atoms with Crippen molar-refractivity contribution in [3.63, 3.8) is 0 Å². The Labute approximate surface area is 96.5 Å². The molecule has 0 unspecified atom stereocenters. The van der Waals surface area contributed by atoms with E-state index in [-0.39, 0.29) is 0 Å². The molecule has 1 aromatic rings. The summed E-state index contributed by atoms with van der Waals surface area (Å²) in [7, 11) is 1.33. The minimum absolute atomic E-state index is 0.362. The molecule has 0 saturated heterocycles. The van der Waals surface area contributed by atoms with E-state index in [0.29, 0.717) is 24.5 Å². The van der Waals surface area contributed by atoms with Crippen LogP contribution in [0.4, 0.5) is 0 Å². The first-order valence-corrected chi connectivity index (χ1v) is 5.19. The first-order valence-electron chi connectivity index (χ1n) is 4.39. The zero-order valence-electron chi connectivity index (χ0n) is 8.33. The van der Waals surface area contributed by atoms with Gasteiger partial charge in [-0.25, -0.2) is 4.79 Å². The quantitative estimate of drug-likeness (QED) is 0.847. The summed E-state index contributed by atoms with van der Waals surface area (Å²) in [6.45, 7) is 0.758. The van der Waals surface area contributed by atoms with Gasteiger partial charge in [-0.2, -0.15) is 0 Å². The Morgan fingerprint density at radius 1 is 1.53 bits per heavy atom. The van der Waals surface area contributed by atoms with Gasteiger partial charge in [-0.3, -0.25) is 0 Å². The van der Waals surface area contributed by atoms with Crippen LogP contribution in [0.2, 0.25) is 0 Å². The molecule has 5 heteroatoms. The fourth-order valence-corrected chi connectivity index (χ4v) is 1.40. The van der Waals surface area contributed by atoms with Gasteiger partial charge in [0.15, 0.2) is 0 Å². The molecule has 2 N–H and O–H groups in total. The summed E-state index contributed by atoms with van der Waals surface area (Å²) in [6.07, 6.45) is 0. The number of rotatable bonds is 4. The SMILES string of the molecule is COC(=O)c1ccc(Br)cc1OCCN. The lowest BCUT2D eigenvalue weighted by Gasteiger charge is -2.09.